The van der Waals surface area contributed by atoms with Gasteiger partial charge >= 0.3 is 6.18 Å². The molecule has 3 N–H and O–H groups in total. The van der Waals surface area contributed by atoms with E-state index >= 15 is 0 Å². The smallest absolute Gasteiger partial charge is 0.388 e. The van der Waals surface area contributed by atoms with Crippen molar-refractivity contribution in [3.8, 4) is 0 Å². The minimum absolute atomic E-state index is 0.0639. The highest BCUT2D eigenvalue weighted by molar-refractivity contribution is 5.92. The van der Waals surface area contributed by atoms with E-state index in [1.165, 1.54) is 17.2 Å². The molecule has 0 unspecified atom stereocenters. The molecule has 1 fully saturated rings. The molecular weight excluding hydrogens is 367 g/mol. The molecule has 0 radical (unpaired) electrons. The van der Waals surface area contributed by atoms with Crippen LogP contribution in [0.3, 0.4) is 0 Å². The lowest BCUT2D eigenvalue weighted by atomic mass is 9.99. The van der Waals surface area contributed by atoms with Gasteiger partial charge in [-0.15, -0.1) is 0 Å². The van der Waals surface area contributed by atoms with Crippen molar-refractivity contribution in [3.63, 3.8) is 0 Å². The number of likely N-dealkylation sites (tertiary alicyclic amines) is 1. The summed E-state index contributed by atoms with van der Waals surface area (Å²) in [5.41, 5.74) is -1.04. The average molecular weight is 383 g/mol. The number of anilines is 1. The molecule has 3 heterocycles. The molecular formula is C16H16F3N5O3. The first-order chi connectivity index (χ1) is 12.8. The number of aliphatic hydroxyl groups is 2. The van der Waals surface area contributed by atoms with Crippen molar-refractivity contribution in [1.29, 1.82) is 0 Å². The molecule has 1 aliphatic rings. The Hall–Kier alpha value is -2.79. The van der Waals surface area contributed by atoms with Gasteiger partial charge in [0.1, 0.15) is 17.6 Å². The summed E-state index contributed by atoms with van der Waals surface area (Å²) in [6.45, 7) is -0.200. The van der Waals surface area contributed by atoms with Crippen molar-refractivity contribution >= 4 is 11.7 Å². The number of nitrogens with one attached hydrogen (secondary N) is 1. The number of halogens is 3. The van der Waals surface area contributed by atoms with Gasteiger partial charge in [0, 0.05) is 19.3 Å². The fraction of sp³-hybridized carbons (Fsp3) is 0.375. The summed E-state index contributed by atoms with van der Waals surface area (Å²) in [6.07, 6.45) is -4.19. The van der Waals surface area contributed by atoms with E-state index in [0.717, 1.165) is 6.20 Å². The number of hydrogen-bond donors (Lipinski definition) is 3. The zero-order valence-electron chi connectivity index (χ0n) is 13.8. The summed E-state index contributed by atoms with van der Waals surface area (Å²) in [6, 6.07) is 3.82. The summed E-state index contributed by atoms with van der Waals surface area (Å²) in [5, 5.41) is 22.8. The Morgan fingerprint density at radius 3 is 2.67 bits per heavy atom. The highest BCUT2D eigenvalue weighted by atomic mass is 19.4. The van der Waals surface area contributed by atoms with Crippen LogP contribution in [0.15, 0.2) is 36.8 Å². The topological polar surface area (TPSA) is 111 Å². The van der Waals surface area contributed by atoms with E-state index in [0.29, 0.717) is 6.20 Å². The molecule has 8 nitrogen and oxygen atoms in total. The van der Waals surface area contributed by atoms with E-state index in [4.69, 9.17) is 0 Å². The minimum atomic E-state index is -4.67. The van der Waals surface area contributed by atoms with Crippen LogP contribution in [0.25, 0.3) is 0 Å². The maximum Gasteiger partial charge on any atom is 0.434 e. The standard InChI is InChI=1S/C16H16F3N5O3/c17-16(18,19)12-5-20-6-13(23-12)22-10-7-24(8-11(25)14(10)26)15(27)9-3-1-2-4-21-9/h1-6,10-11,14,25-26H,7-8H2,(H,22,23)/t10-,11-,14+/m0/s1. The maximum atomic E-state index is 12.8. The molecule has 0 bridgehead atoms. The Morgan fingerprint density at radius 2 is 2.00 bits per heavy atom. The largest absolute Gasteiger partial charge is 0.434 e. The fourth-order valence-corrected chi connectivity index (χ4v) is 2.73. The lowest BCUT2D eigenvalue weighted by Gasteiger charge is -2.39. The van der Waals surface area contributed by atoms with Gasteiger partial charge in [0.2, 0.25) is 0 Å². The van der Waals surface area contributed by atoms with Crippen LogP contribution in [0.5, 0.6) is 0 Å². The van der Waals surface area contributed by atoms with Gasteiger partial charge in [0.15, 0.2) is 5.69 Å². The summed E-state index contributed by atoms with van der Waals surface area (Å²) in [4.78, 5) is 24.6. The number of amides is 1. The number of piperidine rings is 1. The monoisotopic (exact) mass is 383 g/mol. The second-order valence-corrected chi connectivity index (χ2v) is 6.02. The summed E-state index contributed by atoms with van der Waals surface area (Å²) >= 11 is 0. The second kappa shape index (κ2) is 7.45. The Labute approximate surface area is 151 Å². The summed E-state index contributed by atoms with van der Waals surface area (Å²) in [5.74, 6) is -0.698. The van der Waals surface area contributed by atoms with Gasteiger partial charge in [-0.05, 0) is 12.1 Å². The highest BCUT2D eigenvalue weighted by Gasteiger charge is 2.38. The van der Waals surface area contributed by atoms with Gasteiger partial charge in [0.05, 0.1) is 24.5 Å². The fourth-order valence-electron chi connectivity index (χ4n) is 2.73. The zero-order valence-corrected chi connectivity index (χ0v) is 13.8. The van der Waals surface area contributed by atoms with E-state index in [1.807, 2.05) is 0 Å². The SMILES string of the molecule is O=C(c1ccccn1)N1C[C@H](Nc2cncc(C(F)(F)F)n2)[C@@H](O)[C@@H](O)C1. The number of aromatic nitrogens is 3. The maximum absolute atomic E-state index is 12.8. The highest BCUT2D eigenvalue weighted by Crippen LogP contribution is 2.28. The molecule has 0 spiro atoms. The number of carbonyl (C=O) groups excluding carboxylic acids is 1. The third-order valence-corrected chi connectivity index (χ3v) is 4.06. The van der Waals surface area contributed by atoms with Crippen LogP contribution in [0, 0.1) is 0 Å². The van der Waals surface area contributed by atoms with Gasteiger partial charge in [-0.3, -0.25) is 14.8 Å². The predicted octanol–water partition coefficient (Wildman–Crippen LogP) is 0.549. The number of aliphatic hydroxyl groups excluding tert-OH is 2. The number of β-amino-alcohol motifs (C(OH)–C–C–N with tert-alkyl or cyclic N) is 1. The van der Waals surface area contributed by atoms with E-state index in [2.05, 4.69) is 20.3 Å². The number of carbonyl (C=O) groups is 1. The number of nitrogens with zero attached hydrogens (tertiary/aromatic N) is 4. The van der Waals surface area contributed by atoms with Crippen molar-refractivity contribution < 1.29 is 28.2 Å². The van der Waals surface area contributed by atoms with Crippen molar-refractivity contribution in [2.75, 3.05) is 18.4 Å². The van der Waals surface area contributed by atoms with Crippen LogP contribution in [0.2, 0.25) is 0 Å². The lowest BCUT2D eigenvalue weighted by molar-refractivity contribution is -0.141. The average Bonchev–Trinajstić information content (AvgIpc) is 2.65. The van der Waals surface area contributed by atoms with Gasteiger partial charge in [0.25, 0.3) is 5.91 Å². The third kappa shape index (κ3) is 4.31. The number of hydrogen-bond acceptors (Lipinski definition) is 7. The van der Waals surface area contributed by atoms with E-state index < -0.39 is 36.0 Å². The molecule has 3 atom stereocenters. The molecule has 1 saturated heterocycles. The van der Waals surface area contributed by atoms with Gasteiger partial charge < -0.3 is 20.4 Å². The molecule has 11 heteroatoms. The molecule has 2 aromatic rings. The first-order valence-electron chi connectivity index (χ1n) is 7.98. The minimum Gasteiger partial charge on any atom is -0.388 e. The molecule has 2 aromatic heterocycles. The normalized spacial score (nSPS) is 23.1. The van der Waals surface area contributed by atoms with Crippen LogP contribution in [0.1, 0.15) is 16.2 Å². The Balaban J connectivity index is 1.77. The van der Waals surface area contributed by atoms with Crippen LogP contribution < -0.4 is 5.32 Å². The number of alkyl halides is 3. The first-order valence-corrected chi connectivity index (χ1v) is 7.98. The number of rotatable bonds is 3. The van der Waals surface area contributed by atoms with Gasteiger partial charge in [-0.2, -0.15) is 13.2 Å². The lowest BCUT2D eigenvalue weighted by Crippen LogP contribution is -2.59. The third-order valence-electron chi connectivity index (χ3n) is 4.06. The van der Waals surface area contributed by atoms with Crippen molar-refractivity contribution in [3.05, 3.63) is 48.2 Å². The zero-order chi connectivity index (χ0) is 19.6. The van der Waals surface area contributed by atoms with Crippen molar-refractivity contribution in [2.45, 2.75) is 24.4 Å². The van der Waals surface area contributed by atoms with E-state index in [-0.39, 0.29) is 24.6 Å². The molecule has 0 aromatic carbocycles. The van der Waals surface area contributed by atoms with E-state index in [9.17, 15) is 28.2 Å². The second-order valence-electron chi connectivity index (χ2n) is 6.02. The molecule has 27 heavy (non-hydrogen) atoms. The van der Waals surface area contributed by atoms with Crippen molar-refractivity contribution in [1.82, 2.24) is 19.9 Å². The number of pyridine rings is 1. The first kappa shape index (κ1) is 19.0. The molecule has 1 aliphatic heterocycles. The summed E-state index contributed by atoms with van der Waals surface area (Å²) < 4.78 is 38.3. The van der Waals surface area contributed by atoms with Crippen molar-refractivity contribution in [2.24, 2.45) is 0 Å². The van der Waals surface area contributed by atoms with E-state index in [1.54, 1.807) is 12.1 Å². The molecule has 0 aliphatic carbocycles. The molecule has 1 amide bonds. The Kier molecular flexibility index (Phi) is 5.24. The molecule has 144 valence electrons. The van der Waals surface area contributed by atoms with Crippen LogP contribution in [-0.2, 0) is 6.18 Å². The summed E-state index contributed by atoms with van der Waals surface area (Å²) in [7, 11) is 0. The van der Waals surface area contributed by atoms with Crippen LogP contribution in [0.4, 0.5) is 19.0 Å². The molecule has 3 rings (SSSR count). The van der Waals surface area contributed by atoms with Crippen LogP contribution in [-0.4, -0.2) is 67.3 Å². The van der Waals surface area contributed by atoms with Gasteiger partial charge in [-0.25, -0.2) is 4.98 Å². The van der Waals surface area contributed by atoms with Gasteiger partial charge in [-0.1, -0.05) is 6.07 Å². The van der Waals surface area contributed by atoms with Crippen LogP contribution >= 0.6 is 0 Å². The predicted molar refractivity (Wildman–Crippen MR) is 86.6 cm³/mol. The Morgan fingerprint density at radius 1 is 1.22 bits per heavy atom. The Bertz CT molecular complexity index is 805. The molecule has 0 saturated carbocycles. The quantitative estimate of drug-likeness (QED) is 0.710.